The summed E-state index contributed by atoms with van der Waals surface area (Å²) in [5.41, 5.74) is 1.07. The van der Waals surface area contributed by atoms with Gasteiger partial charge in [0.05, 0.1) is 18.4 Å². The highest BCUT2D eigenvalue weighted by molar-refractivity contribution is 7.93. The first-order valence-electron chi connectivity index (χ1n) is 7.82. The van der Waals surface area contributed by atoms with Crippen LogP contribution in [0, 0.1) is 0 Å². The highest BCUT2D eigenvalue weighted by Gasteiger charge is 2.21. The number of aliphatic hydroxyl groups excluding tert-OH is 1. The number of nitrogens with one attached hydrogen (secondary N) is 1. The van der Waals surface area contributed by atoms with Crippen LogP contribution in [0.25, 0.3) is 0 Å². The van der Waals surface area contributed by atoms with E-state index in [0.717, 1.165) is 16.9 Å². The number of aliphatic imine (C=N–C) groups is 1. The van der Waals surface area contributed by atoms with Gasteiger partial charge in [-0.25, -0.2) is 13.4 Å². The molecule has 0 aliphatic rings. The van der Waals surface area contributed by atoms with E-state index >= 15 is 0 Å². The molecule has 0 aliphatic heterocycles. The Morgan fingerprint density at radius 1 is 1.24 bits per heavy atom. The second-order valence-corrected chi connectivity index (χ2v) is 8.98. The number of sulfone groups is 1. The molecular weight excluding hydrogens is 358 g/mol. The van der Waals surface area contributed by atoms with Crippen LogP contribution in [0.5, 0.6) is 0 Å². The zero-order chi connectivity index (χ0) is 18.3. The minimum Gasteiger partial charge on any atom is -0.390 e. The highest BCUT2D eigenvalue weighted by Crippen LogP contribution is 2.18. The molecule has 6 nitrogen and oxygen atoms in total. The fourth-order valence-corrected chi connectivity index (χ4v) is 4.63. The fourth-order valence-electron chi connectivity index (χ4n) is 2.15. The van der Waals surface area contributed by atoms with Crippen molar-refractivity contribution < 1.29 is 13.5 Å². The Morgan fingerprint density at radius 3 is 2.56 bits per heavy atom. The third kappa shape index (κ3) is 6.15. The van der Waals surface area contributed by atoms with E-state index in [9.17, 15) is 13.5 Å². The van der Waals surface area contributed by atoms with Crippen molar-refractivity contribution in [3.63, 3.8) is 0 Å². The summed E-state index contributed by atoms with van der Waals surface area (Å²) in [6, 6.07) is 13.1. The van der Waals surface area contributed by atoms with Crippen LogP contribution in [0.15, 0.2) is 57.0 Å². The molecule has 136 valence electrons. The predicted molar refractivity (Wildman–Crippen MR) is 102 cm³/mol. The molecule has 1 aromatic heterocycles. The molecule has 25 heavy (non-hydrogen) atoms. The molecule has 0 radical (unpaired) electrons. The summed E-state index contributed by atoms with van der Waals surface area (Å²) >= 11 is 1.16. The molecule has 1 aromatic carbocycles. The van der Waals surface area contributed by atoms with Gasteiger partial charge in [-0.3, -0.25) is 0 Å². The number of hydrogen-bond acceptors (Lipinski definition) is 5. The number of guanidine groups is 1. The number of rotatable bonds is 7. The largest absolute Gasteiger partial charge is 0.390 e. The normalized spacial score (nSPS) is 13.5. The molecule has 2 rings (SSSR count). The van der Waals surface area contributed by atoms with Gasteiger partial charge in [-0.05, 0) is 17.0 Å². The molecule has 2 aromatic rings. The molecule has 0 bridgehead atoms. The molecule has 0 fully saturated rings. The minimum atomic E-state index is -3.46. The van der Waals surface area contributed by atoms with Crippen molar-refractivity contribution in [1.82, 2.24) is 10.2 Å². The molecular formula is C17H23N3O3S2. The Kier molecular flexibility index (Phi) is 6.98. The molecule has 0 aliphatic carbocycles. The smallest absolute Gasteiger partial charge is 0.193 e. The molecule has 0 saturated carbocycles. The lowest BCUT2D eigenvalue weighted by Gasteiger charge is -2.19. The predicted octanol–water partition coefficient (Wildman–Crippen LogP) is 1.59. The highest BCUT2D eigenvalue weighted by atomic mass is 32.2. The lowest BCUT2D eigenvalue weighted by molar-refractivity contribution is 0.199. The quantitative estimate of drug-likeness (QED) is 0.562. The third-order valence-corrected chi connectivity index (χ3v) is 6.67. The van der Waals surface area contributed by atoms with Crippen LogP contribution in [0.1, 0.15) is 5.56 Å². The first-order valence-corrected chi connectivity index (χ1v) is 10.4. The Bertz CT molecular complexity index is 773. The Morgan fingerprint density at radius 2 is 1.96 bits per heavy atom. The monoisotopic (exact) mass is 381 g/mol. The average molecular weight is 382 g/mol. The van der Waals surface area contributed by atoms with Crippen LogP contribution in [0.2, 0.25) is 0 Å². The van der Waals surface area contributed by atoms with Crippen molar-refractivity contribution in [1.29, 1.82) is 0 Å². The minimum absolute atomic E-state index is 0.108. The molecule has 0 spiro atoms. The van der Waals surface area contributed by atoms with Crippen molar-refractivity contribution in [3.05, 3.63) is 53.4 Å². The van der Waals surface area contributed by atoms with E-state index in [1.165, 1.54) is 0 Å². The molecule has 1 atom stereocenters. The van der Waals surface area contributed by atoms with Crippen molar-refractivity contribution >= 4 is 27.1 Å². The Balaban J connectivity index is 1.92. The molecule has 1 heterocycles. The van der Waals surface area contributed by atoms with Crippen LogP contribution >= 0.6 is 11.3 Å². The summed E-state index contributed by atoms with van der Waals surface area (Å²) in [6.07, 6.45) is -1.02. The number of benzene rings is 1. The maximum Gasteiger partial charge on any atom is 0.193 e. The van der Waals surface area contributed by atoms with Gasteiger partial charge in [0, 0.05) is 20.6 Å². The summed E-state index contributed by atoms with van der Waals surface area (Å²) in [4.78, 5) is 6.28. The summed E-state index contributed by atoms with van der Waals surface area (Å²) in [5, 5.41) is 14.8. The van der Waals surface area contributed by atoms with Crippen molar-refractivity contribution in [2.24, 2.45) is 4.99 Å². The first-order chi connectivity index (χ1) is 11.9. The summed E-state index contributed by atoms with van der Waals surface area (Å²) < 4.78 is 24.6. The van der Waals surface area contributed by atoms with Crippen LogP contribution in [-0.4, -0.2) is 56.9 Å². The van der Waals surface area contributed by atoms with Gasteiger partial charge in [0.15, 0.2) is 15.8 Å². The lowest BCUT2D eigenvalue weighted by atomic mass is 10.2. The molecule has 2 N–H and O–H groups in total. The summed E-state index contributed by atoms with van der Waals surface area (Å²) in [6.45, 7) is 0.612. The average Bonchev–Trinajstić information content (AvgIpc) is 3.10. The van der Waals surface area contributed by atoms with Crippen molar-refractivity contribution in [3.8, 4) is 0 Å². The number of hydrogen-bond donors (Lipinski definition) is 2. The zero-order valence-corrected chi connectivity index (χ0v) is 15.9. The van der Waals surface area contributed by atoms with Crippen LogP contribution in [0.4, 0.5) is 0 Å². The molecule has 0 amide bonds. The van der Waals surface area contributed by atoms with Gasteiger partial charge in [0.2, 0.25) is 0 Å². The summed E-state index contributed by atoms with van der Waals surface area (Å²) in [7, 11) is 0.213. The second-order valence-electron chi connectivity index (χ2n) is 5.77. The Labute approximate surface area is 152 Å². The topological polar surface area (TPSA) is 82.0 Å². The van der Waals surface area contributed by atoms with Gasteiger partial charge in [-0.15, -0.1) is 11.3 Å². The van der Waals surface area contributed by atoms with Crippen molar-refractivity contribution in [2.75, 3.05) is 26.4 Å². The van der Waals surface area contributed by atoms with Gasteiger partial charge in [-0.2, -0.15) is 0 Å². The van der Waals surface area contributed by atoms with E-state index in [4.69, 9.17) is 0 Å². The SMILES string of the molecule is CN(C)C(=NCc1ccccc1)NCC(O)CS(=O)(=O)c1cccs1. The maximum absolute atomic E-state index is 12.2. The van der Waals surface area contributed by atoms with Crippen LogP contribution in [-0.2, 0) is 16.4 Å². The zero-order valence-electron chi connectivity index (χ0n) is 14.3. The van der Waals surface area contributed by atoms with E-state index in [-0.39, 0.29) is 16.5 Å². The summed E-state index contributed by atoms with van der Waals surface area (Å²) in [5.74, 6) is 0.274. The van der Waals surface area contributed by atoms with E-state index in [2.05, 4.69) is 10.3 Å². The molecule has 1 unspecified atom stereocenters. The lowest BCUT2D eigenvalue weighted by Crippen LogP contribution is -2.42. The van der Waals surface area contributed by atoms with E-state index in [1.807, 2.05) is 44.4 Å². The fraction of sp³-hybridized carbons (Fsp3) is 0.353. The molecule has 0 saturated heterocycles. The van der Waals surface area contributed by atoms with E-state index in [0.29, 0.717) is 12.5 Å². The number of thiophene rings is 1. The standard InChI is InChI=1S/C17H23N3O3S2/c1-20(2)17(18-11-14-7-4-3-5-8-14)19-12-15(21)13-25(22,23)16-9-6-10-24-16/h3-10,15,21H,11-13H2,1-2H3,(H,18,19). The van der Waals surface area contributed by atoms with Crippen molar-refractivity contribution in [2.45, 2.75) is 16.9 Å². The molecule has 8 heteroatoms. The van der Waals surface area contributed by atoms with Gasteiger partial charge in [0.25, 0.3) is 0 Å². The van der Waals surface area contributed by atoms with Gasteiger partial charge < -0.3 is 15.3 Å². The number of aliphatic hydroxyl groups is 1. The van der Waals surface area contributed by atoms with Gasteiger partial charge in [-0.1, -0.05) is 36.4 Å². The van der Waals surface area contributed by atoms with Crippen LogP contribution in [0.3, 0.4) is 0 Å². The third-order valence-electron chi connectivity index (χ3n) is 3.39. The number of nitrogens with zero attached hydrogens (tertiary/aromatic N) is 2. The first kappa shape index (κ1) is 19.4. The van der Waals surface area contributed by atoms with Gasteiger partial charge in [0.1, 0.15) is 4.21 Å². The van der Waals surface area contributed by atoms with E-state index < -0.39 is 15.9 Å². The Hall–Kier alpha value is -1.90. The van der Waals surface area contributed by atoms with E-state index in [1.54, 1.807) is 22.4 Å². The second kappa shape index (κ2) is 8.98. The van der Waals surface area contributed by atoms with Crippen LogP contribution < -0.4 is 5.32 Å². The maximum atomic E-state index is 12.2. The van der Waals surface area contributed by atoms with Gasteiger partial charge >= 0.3 is 0 Å².